The van der Waals surface area contributed by atoms with E-state index in [1.165, 1.54) is 0 Å². The fourth-order valence-electron chi connectivity index (χ4n) is 1.55. The van der Waals surface area contributed by atoms with Crippen molar-refractivity contribution in [2.75, 3.05) is 0 Å². The lowest BCUT2D eigenvalue weighted by Gasteiger charge is -2.23. The molecule has 0 unspecified atom stereocenters. The van der Waals surface area contributed by atoms with E-state index in [0.29, 0.717) is 19.3 Å². The lowest BCUT2D eigenvalue weighted by Crippen LogP contribution is -2.52. The predicted octanol–water partition coefficient (Wildman–Crippen LogP) is -0.470. The van der Waals surface area contributed by atoms with Crippen molar-refractivity contribution in [3.8, 4) is 0 Å². The van der Waals surface area contributed by atoms with Crippen molar-refractivity contribution in [3.63, 3.8) is 0 Å². The van der Waals surface area contributed by atoms with Gasteiger partial charge in [-0.25, -0.2) is 0 Å². The molecule has 0 aliphatic heterocycles. The fourth-order valence-corrected chi connectivity index (χ4v) is 1.55. The number of carbonyl (C=O) groups is 2. The van der Waals surface area contributed by atoms with Crippen LogP contribution >= 0.6 is 0 Å². The summed E-state index contributed by atoms with van der Waals surface area (Å²) in [7, 11) is 0. The Labute approximate surface area is 65.1 Å². The zero-order chi connectivity index (χ0) is 8.32. The highest BCUT2D eigenvalue weighted by molar-refractivity contribution is 5.87. The molecule has 1 aliphatic carbocycles. The average molecular weight is 156 g/mol. The van der Waals surface area contributed by atoms with Gasteiger partial charge < -0.3 is 11.1 Å². The number of primary amides is 1. The Morgan fingerprint density at radius 2 is 2.00 bits per heavy atom. The number of nitrogens with one attached hydrogen (secondary N) is 1. The Hall–Kier alpha value is -1.06. The van der Waals surface area contributed by atoms with E-state index in [1.54, 1.807) is 0 Å². The highest BCUT2D eigenvalue weighted by Crippen LogP contribution is 2.28. The first-order valence-electron chi connectivity index (χ1n) is 3.72. The molecule has 2 amide bonds. The minimum atomic E-state index is -0.734. The first-order valence-corrected chi connectivity index (χ1v) is 3.72. The van der Waals surface area contributed by atoms with Gasteiger partial charge in [-0.15, -0.1) is 0 Å². The van der Waals surface area contributed by atoms with E-state index in [9.17, 15) is 9.59 Å². The van der Waals surface area contributed by atoms with Crippen LogP contribution in [0.5, 0.6) is 0 Å². The number of rotatable bonds is 3. The third-order valence-electron chi connectivity index (χ3n) is 2.26. The van der Waals surface area contributed by atoms with Crippen molar-refractivity contribution in [2.45, 2.75) is 31.2 Å². The summed E-state index contributed by atoms with van der Waals surface area (Å²) < 4.78 is 0. The molecule has 1 saturated carbocycles. The van der Waals surface area contributed by atoms with Crippen molar-refractivity contribution in [2.24, 2.45) is 5.73 Å². The normalized spacial score (nSPS) is 21.1. The monoisotopic (exact) mass is 156 g/mol. The highest BCUT2D eigenvalue weighted by atomic mass is 16.2. The van der Waals surface area contributed by atoms with Gasteiger partial charge in [0.05, 0.1) is 0 Å². The zero-order valence-electron chi connectivity index (χ0n) is 6.30. The van der Waals surface area contributed by atoms with Crippen LogP contribution in [0.1, 0.15) is 25.7 Å². The molecular formula is C7H12N2O2. The van der Waals surface area contributed by atoms with Crippen molar-refractivity contribution in [1.82, 2.24) is 5.32 Å². The van der Waals surface area contributed by atoms with Gasteiger partial charge in [0.1, 0.15) is 5.54 Å². The molecule has 4 nitrogen and oxygen atoms in total. The van der Waals surface area contributed by atoms with E-state index in [4.69, 9.17) is 5.73 Å². The summed E-state index contributed by atoms with van der Waals surface area (Å²) in [6.45, 7) is 0. The van der Waals surface area contributed by atoms with Crippen LogP contribution in [0.25, 0.3) is 0 Å². The van der Waals surface area contributed by atoms with Crippen LogP contribution in [0.4, 0.5) is 0 Å². The fraction of sp³-hybridized carbons (Fsp3) is 0.714. The summed E-state index contributed by atoms with van der Waals surface area (Å²) in [6, 6.07) is 0. The summed E-state index contributed by atoms with van der Waals surface area (Å²) in [5.41, 5.74) is 4.42. The minimum Gasteiger partial charge on any atom is -0.368 e. The molecule has 1 aliphatic rings. The van der Waals surface area contributed by atoms with Crippen LogP contribution < -0.4 is 11.1 Å². The SMILES string of the molecule is NC(=O)C1(NC=O)CCCC1. The Morgan fingerprint density at radius 3 is 2.36 bits per heavy atom. The summed E-state index contributed by atoms with van der Waals surface area (Å²) in [6.07, 6.45) is 3.84. The largest absolute Gasteiger partial charge is 0.368 e. The number of nitrogens with two attached hydrogens (primary N) is 1. The number of hydrogen-bond donors (Lipinski definition) is 2. The van der Waals surface area contributed by atoms with Gasteiger partial charge in [0.15, 0.2) is 0 Å². The van der Waals surface area contributed by atoms with Gasteiger partial charge in [-0.2, -0.15) is 0 Å². The summed E-state index contributed by atoms with van der Waals surface area (Å²) in [5.74, 6) is -0.415. The first kappa shape index (κ1) is 8.04. The van der Waals surface area contributed by atoms with E-state index < -0.39 is 11.4 Å². The van der Waals surface area contributed by atoms with Crippen LogP contribution in [0, 0.1) is 0 Å². The second kappa shape index (κ2) is 2.90. The highest BCUT2D eigenvalue weighted by Gasteiger charge is 2.38. The van der Waals surface area contributed by atoms with E-state index in [1.807, 2.05) is 0 Å². The minimum absolute atomic E-state index is 0.415. The molecular weight excluding hydrogens is 144 g/mol. The van der Waals surface area contributed by atoms with Crippen molar-refractivity contribution >= 4 is 12.3 Å². The Balaban J connectivity index is 2.69. The second-order valence-electron chi connectivity index (χ2n) is 2.92. The first-order chi connectivity index (χ1) is 5.21. The van der Waals surface area contributed by atoms with E-state index in [0.717, 1.165) is 12.8 Å². The van der Waals surface area contributed by atoms with Crippen LogP contribution in [-0.4, -0.2) is 17.9 Å². The number of amides is 2. The lowest BCUT2D eigenvalue weighted by atomic mass is 9.97. The number of carbonyl (C=O) groups excluding carboxylic acids is 2. The van der Waals surface area contributed by atoms with Gasteiger partial charge in [0.25, 0.3) is 0 Å². The van der Waals surface area contributed by atoms with Crippen molar-refractivity contribution < 1.29 is 9.59 Å². The van der Waals surface area contributed by atoms with Gasteiger partial charge in [-0.05, 0) is 12.8 Å². The van der Waals surface area contributed by atoms with Gasteiger partial charge in [0.2, 0.25) is 12.3 Å². The average Bonchev–Trinajstić information content (AvgIpc) is 2.38. The molecule has 0 heterocycles. The van der Waals surface area contributed by atoms with Crippen LogP contribution in [0.2, 0.25) is 0 Å². The smallest absolute Gasteiger partial charge is 0.243 e. The molecule has 1 fully saturated rings. The molecule has 3 N–H and O–H groups in total. The molecule has 0 bridgehead atoms. The summed E-state index contributed by atoms with van der Waals surface area (Å²) in [5, 5.41) is 2.50. The molecule has 0 aromatic rings. The predicted molar refractivity (Wildman–Crippen MR) is 39.6 cm³/mol. The second-order valence-corrected chi connectivity index (χ2v) is 2.92. The Kier molecular flexibility index (Phi) is 2.12. The maximum atomic E-state index is 10.9. The third-order valence-corrected chi connectivity index (χ3v) is 2.26. The summed E-state index contributed by atoms with van der Waals surface area (Å²) >= 11 is 0. The Morgan fingerprint density at radius 1 is 1.45 bits per heavy atom. The molecule has 0 atom stereocenters. The van der Waals surface area contributed by atoms with E-state index >= 15 is 0 Å². The topological polar surface area (TPSA) is 72.2 Å². The summed E-state index contributed by atoms with van der Waals surface area (Å²) in [4.78, 5) is 21.1. The van der Waals surface area contributed by atoms with Gasteiger partial charge in [-0.1, -0.05) is 12.8 Å². The maximum Gasteiger partial charge on any atom is 0.243 e. The molecule has 62 valence electrons. The Bertz CT molecular complexity index is 173. The van der Waals surface area contributed by atoms with Crippen LogP contribution in [0.3, 0.4) is 0 Å². The molecule has 11 heavy (non-hydrogen) atoms. The lowest BCUT2D eigenvalue weighted by molar-refractivity contribution is -0.127. The van der Waals surface area contributed by atoms with Crippen molar-refractivity contribution in [1.29, 1.82) is 0 Å². The molecule has 4 heteroatoms. The molecule has 1 rings (SSSR count). The molecule has 0 radical (unpaired) electrons. The van der Waals surface area contributed by atoms with Gasteiger partial charge >= 0.3 is 0 Å². The van der Waals surface area contributed by atoms with Gasteiger partial charge in [-0.3, -0.25) is 9.59 Å². The molecule has 0 saturated heterocycles. The van der Waals surface area contributed by atoms with Crippen LogP contribution in [-0.2, 0) is 9.59 Å². The molecule has 0 aromatic carbocycles. The molecule has 0 spiro atoms. The molecule has 0 aromatic heterocycles. The standard InChI is InChI=1S/C7H12N2O2/c8-6(11)7(9-5-10)3-1-2-4-7/h5H,1-4H2,(H2,8,11)(H,9,10). The number of hydrogen-bond acceptors (Lipinski definition) is 2. The van der Waals surface area contributed by atoms with E-state index in [2.05, 4.69) is 5.32 Å². The van der Waals surface area contributed by atoms with Crippen molar-refractivity contribution in [3.05, 3.63) is 0 Å². The maximum absolute atomic E-state index is 10.9. The zero-order valence-corrected chi connectivity index (χ0v) is 6.30. The van der Waals surface area contributed by atoms with Gasteiger partial charge in [0, 0.05) is 0 Å². The quantitative estimate of drug-likeness (QED) is 0.542. The van der Waals surface area contributed by atoms with E-state index in [-0.39, 0.29) is 0 Å². The third kappa shape index (κ3) is 1.34. The van der Waals surface area contributed by atoms with Crippen LogP contribution in [0.15, 0.2) is 0 Å².